The largest absolute Gasteiger partial charge is 0.471 e. The van der Waals surface area contributed by atoms with Crippen molar-refractivity contribution < 1.29 is 35.9 Å². The first-order chi connectivity index (χ1) is 8.99. The van der Waals surface area contributed by atoms with Crippen molar-refractivity contribution in [2.24, 2.45) is 0 Å². The van der Waals surface area contributed by atoms with Gasteiger partial charge in [-0.2, -0.15) is 31.3 Å². The SMILES string of the molecule is O=C(Nc1ccc(Cl)nc1OCC(F)(F)F)C(F)(F)F. The molecule has 0 fully saturated rings. The normalized spacial score (nSPS) is 12.2. The zero-order chi connectivity index (χ0) is 15.6. The van der Waals surface area contributed by atoms with E-state index in [-0.39, 0.29) is 5.15 Å². The smallest absolute Gasteiger partial charge is 0.466 e. The van der Waals surface area contributed by atoms with E-state index < -0.39 is 36.4 Å². The molecule has 0 aliphatic heterocycles. The molecule has 0 aromatic carbocycles. The number of pyridine rings is 1. The van der Waals surface area contributed by atoms with Crippen LogP contribution >= 0.6 is 11.6 Å². The summed E-state index contributed by atoms with van der Waals surface area (Å²) in [7, 11) is 0. The molecule has 1 aromatic rings. The lowest BCUT2D eigenvalue weighted by Gasteiger charge is -2.13. The summed E-state index contributed by atoms with van der Waals surface area (Å²) in [6.45, 7) is -1.80. The molecular weight excluding hydrogens is 318 g/mol. The van der Waals surface area contributed by atoms with Crippen LogP contribution in [0.3, 0.4) is 0 Å². The predicted octanol–water partition coefficient (Wildman–Crippen LogP) is 3.18. The number of nitrogens with one attached hydrogen (secondary N) is 1. The molecule has 0 unspecified atom stereocenters. The Labute approximate surface area is 112 Å². The highest BCUT2D eigenvalue weighted by Crippen LogP contribution is 2.28. The number of rotatable bonds is 3. The van der Waals surface area contributed by atoms with Gasteiger partial charge in [-0.05, 0) is 12.1 Å². The molecule has 4 nitrogen and oxygen atoms in total. The average Bonchev–Trinajstić information content (AvgIpc) is 2.27. The lowest BCUT2D eigenvalue weighted by Crippen LogP contribution is -2.30. The number of ether oxygens (including phenoxy) is 1. The molecule has 0 bridgehead atoms. The van der Waals surface area contributed by atoms with E-state index in [9.17, 15) is 31.1 Å². The molecule has 1 N–H and O–H groups in total. The van der Waals surface area contributed by atoms with Gasteiger partial charge >= 0.3 is 18.3 Å². The van der Waals surface area contributed by atoms with Gasteiger partial charge in [0.25, 0.3) is 0 Å². The molecule has 0 aliphatic rings. The number of hydrogen-bond acceptors (Lipinski definition) is 3. The minimum absolute atomic E-state index is 0.313. The standard InChI is InChI=1S/C9H5ClF6N2O2/c10-5-2-1-4(17-7(19)9(14,15)16)6(18-5)20-3-8(11,12)13/h1-2H,3H2,(H,17,19). The van der Waals surface area contributed by atoms with E-state index >= 15 is 0 Å². The summed E-state index contributed by atoms with van der Waals surface area (Å²) in [5.41, 5.74) is -0.680. The zero-order valence-electron chi connectivity index (χ0n) is 9.27. The number of alkyl halides is 6. The van der Waals surface area contributed by atoms with Gasteiger partial charge in [0, 0.05) is 0 Å². The lowest BCUT2D eigenvalue weighted by molar-refractivity contribution is -0.167. The first-order valence-electron chi connectivity index (χ1n) is 4.73. The topological polar surface area (TPSA) is 51.2 Å². The Morgan fingerprint density at radius 2 is 1.85 bits per heavy atom. The minimum atomic E-state index is -5.21. The molecular formula is C9H5ClF6N2O2. The van der Waals surface area contributed by atoms with Crippen LogP contribution in [0.2, 0.25) is 5.15 Å². The first kappa shape index (κ1) is 16.3. The highest BCUT2D eigenvalue weighted by Gasteiger charge is 2.39. The summed E-state index contributed by atoms with van der Waals surface area (Å²) >= 11 is 5.39. The van der Waals surface area contributed by atoms with Crippen molar-refractivity contribution in [3.05, 3.63) is 17.3 Å². The second-order valence-electron chi connectivity index (χ2n) is 3.34. The second-order valence-corrected chi connectivity index (χ2v) is 3.73. The Bertz CT molecular complexity index is 502. The van der Waals surface area contributed by atoms with E-state index in [0.717, 1.165) is 12.1 Å². The van der Waals surface area contributed by atoms with E-state index in [1.54, 1.807) is 0 Å². The monoisotopic (exact) mass is 322 g/mol. The highest BCUT2D eigenvalue weighted by atomic mass is 35.5. The number of halogens is 7. The van der Waals surface area contributed by atoms with Crippen LogP contribution in [0.15, 0.2) is 12.1 Å². The number of aromatic nitrogens is 1. The summed E-state index contributed by atoms with van der Waals surface area (Å²) in [4.78, 5) is 14.0. The maximum absolute atomic E-state index is 12.0. The fourth-order valence-corrected chi connectivity index (χ4v) is 1.11. The second kappa shape index (κ2) is 5.73. The maximum Gasteiger partial charge on any atom is 0.471 e. The van der Waals surface area contributed by atoms with E-state index in [1.807, 2.05) is 0 Å². The fraction of sp³-hybridized carbons (Fsp3) is 0.333. The van der Waals surface area contributed by atoms with Gasteiger partial charge in [0.2, 0.25) is 5.88 Å². The minimum Gasteiger partial charge on any atom is -0.466 e. The van der Waals surface area contributed by atoms with Gasteiger partial charge in [-0.25, -0.2) is 0 Å². The predicted molar refractivity (Wildman–Crippen MR) is 55.5 cm³/mol. The van der Waals surface area contributed by atoms with Crippen LogP contribution in [0.1, 0.15) is 0 Å². The Balaban J connectivity index is 2.93. The quantitative estimate of drug-likeness (QED) is 0.687. The summed E-state index contributed by atoms with van der Waals surface area (Å²) < 4.78 is 76.2. The molecule has 0 atom stereocenters. The van der Waals surface area contributed by atoms with Crippen LogP contribution in [0, 0.1) is 0 Å². The summed E-state index contributed by atoms with van der Waals surface area (Å²) in [5, 5.41) is 1.02. The van der Waals surface area contributed by atoms with Gasteiger partial charge in [-0.1, -0.05) is 11.6 Å². The number of hydrogen-bond donors (Lipinski definition) is 1. The average molecular weight is 323 g/mol. The zero-order valence-corrected chi connectivity index (χ0v) is 10.0. The molecule has 11 heteroatoms. The molecule has 1 amide bonds. The van der Waals surface area contributed by atoms with Crippen LogP contribution in [-0.4, -0.2) is 29.9 Å². The third-order valence-corrected chi connectivity index (χ3v) is 1.92. The third kappa shape index (κ3) is 5.11. The molecule has 0 aliphatic carbocycles. The van der Waals surface area contributed by atoms with Gasteiger partial charge in [0.15, 0.2) is 6.61 Å². The molecule has 112 valence electrons. The molecule has 1 aromatic heterocycles. The van der Waals surface area contributed by atoms with Gasteiger partial charge in [-0.3, -0.25) is 4.79 Å². The van der Waals surface area contributed by atoms with Gasteiger partial charge < -0.3 is 10.1 Å². The summed E-state index contributed by atoms with van der Waals surface area (Å²) in [6, 6.07) is 1.82. The number of nitrogens with zero attached hydrogens (tertiary/aromatic N) is 1. The van der Waals surface area contributed by atoms with Crippen molar-refractivity contribution in [1.82, 2.24) is 4.98 Å². The van der Waals surface area contributed by atoms with Crippen molar-refractivity contribution >= 4 is 23.2 Å². The summed E-state index contributed by atoms with van der Waals surface area (Å²) in [5.74, 6) is -3.24. The fourth-order valence-electron chi connectivity index (χ4n) is 0.966. The number of carbonyl (C=O) groups is 1. The lowest BCUT2D eigenvalue weighted by atomic mass is 10.4. The van der Waals surface area contributed by atoms with Crippen molar-refractivity contribution in [3.8, 4) is 5.88 Å². The Morgan fingerprint density at radius 3 is 2.35 bits per heavy atom. The third-order valence-electron chi connectivity index (χ3n) is 1.70. The molecule has 1 heterocycles. The van der Waals surface area contributed by atoms with Gasteiger partial charge in [0.05, 0.1) is 0 Å². The number of carbonyl (C=O) groups excluding carboxylic acids is 1. The van der Waals surface area contributed by atoms with Crippen molar-refractivity contribution in [3.63, 3.8) is 0 Å². The Kier molecular flexibility index (Phi) is 4.69. The Hall–Kier alpha value is -1.71. The van der Waals surface area contributed by atoms with Crippen LogP contribution in [0.5, 0.6) is 5.88 Å². The van der Waals surface area contributed by atoms with E-state index in [0.29, 0.717) is 0 Å². The van der Waals surface area contributed by atoms with Gasteiger partial charge in [0.1, 0.15) is 10.8 Å². The molecule has 0 radical (unpaired) electrons. The first-order valence-corrected chi connectivity index (χ1v) is 5.11. The van der Waals surface area contributed by atoms with E-state index in [4.69, 9.17) is 11.6 Å². The number of anilines is 1. The molecule has 0 saturated carbocycles. The number of amides is 1. The van der Waals surface area contributed by atoms with Gasteiger partial charge in [-0.15, -0.1) is 0 Å². The van der Waals surface area contributed by atoms with E-state index in [2.05, 4.69) is 9.72 Å². The summed E-state index contributed by atoms with van der Waals surface area (Å²) in [6.07, 6.45) is -9.93. The van der Waals surface area contributed by atoms with Crippen LogP contribution < -0.4 is 10.1 Å². The maximum atomic E-state index is 12.0. The van der Waals surface area contributed by atoms with Crippen LogP contribution in [0.4, 0.5) is 32.0 Å². The highest BCUT2D eigenvalue weighted by molar-refractivity contribution is 6.29. The van der Waals surface area contributed by atoms with Crippen LogP contribution in [0.25, 0.3) is 0 Å². The molecule has 0 saturated heterocycles. The Morgan fingerprint density at radius 1 is 1.25 bits per heavy atom. The molecule has 0 spiro atoms. The molecule has 1 rings (SSSR count). The van der Waals surface area contributed by atoms with E-state index in [1.165, 1.54) is 5.32 Å². The van der Waals surface area contributed by atoms with Crippen molar-refractivity contribution in [2.75, 3.05) is 11.9 Å². The van der Waals surface area contributed by atoms with Crippen LogP contribution in [-0.2, 0) is 4.79 Å². The van der Waals surface area contributed by atoms with Crippen molar-refractivity contribution in [1.29, 1.82) is 0 Å². The molecule has 20 heavy (non-hydrogen) atoms. The van der Waals surface area contributed by atoms with Crippen molar-refractivity contribution in [2.45, 2.75) is 12.4 Å².